The third kappa shape index (κ3) is 3.16. The van der Waals surface area contributed by atoms with E-state index in [0.29, 0.717) is 18.1 Å². The number of amides is 1. The van der Waals surface area contributed by atoms with E-state index in [-0.39, 0.29) is 22.9 Å². The van der Waals surface area contributed by atoms with Gasteiger partial charge in [0.15, 0.2) is 5.16 Å². The van der Waals surface area contributed by atoms with Crippen LogP contribution in [0.25, 0.3) is 0 Å². The molecule has 1 fully saturated rings. The topological polar surface area (TPSA) is 106 Å². The van der Waals surface area contributed by atoms with Crippen molar-refractivity contribution in [2.45, 2.75) is 62.0 Å². The molecule has 118 valence electrons. The standard InChI is InChI=1S/C13H23N5O2S/c1-4-15-13(10(14)19)6-5-9(7-13)21-12-17-16-11(20)18(12)8(2)3/h8-9,15H,4-7H2,1-3H3,(H2,14,19)(H,16,20). The molecule has 0 saturated heterocycles. The molecule has 0 radical (unpaired) electrons. The molecular weight excluding hydrogens is 290 g/mol. The van der Waals surface area contributed by atoms with Gasteiger partial charge in [-0.3, -0.25) is 9.36 Å². The quantitative estimate of drug-likeness (QED) is 0.714. The van der Waals surface area contributed by atoms with Gasteiger partial charge < -0.3 is 11.1 Å². The number of carbonyl (C=O) groups is 1. The number of H-pyrrole nitrogens is 1. The predicted molar refractivity (Wildman–Crippen MR) is 82.3 cm³/mol. The van der Waals surface area contributed by atoms with Gasteiger partial charge in [0, 0.05) is 11.3 Å². The van der Waals surface area contributed by atoms with Gasteiger partial charge in [-0.05, 0) is 39.7 Å². The Labute approximate surface area is 128 Å². The fourth-order valence-corrected chi connectivity index (χ4v) is 4.30. The molecule has 0 aromatic carbocycles. The Balaban J connectivity index is 2.13. The number of likely N-dealkylation sites (N-methyl/N-ethyl adjacent to an activating group) is 1. The number of aromatic amines is 1. The molecule has 0 spiro atoms. The summed E-state index contributed by atoms with van der Waals surface area (Å²) in [5.74, 6) is -0.296. The number of carbonyl (C=O) groups excluding carboxylic acids is 1. The van der Waals surface area contributed by atoms with E-state index in [4.69, 9.17) is 5.73 Å². The second-order valence-corrected chi connectivity index (χ2v) is 7.00. The lowest BCUT2D eigenvalue weighted by atomic mass is 9.97. The van der Waals surface area contributed by atoms with Gasteiger partial charge in [-0.25, -0.2) is 9.89 Å². The summed E-state index contributed by atoms with van der Waals surface area (Å²) in [5.41, 5.74) is 4.75. The highest BCUT2D eigenvalue weighted by Crippen LogP contribution is 2.39. The molecule has 1 aliphatic carbocycles. The summed E-state index contributed by atoms with van der Waals surface area (Å²) in [4.78, 5) is 23.5. The zero-order valence-corrected chi connectivity index (χ0v) is 13.5. The SMILES string of the molecule is CCNC1(C(N)=O)CCC(Sc2n[nH]c(=O)n2C(C)C)C1. The number of primary amides is 1. The average molecular weight is 313 g/mol. The van der Waals surface area contributed by atoms with Crippen molar-refractivity contribution in [2.75, 3.05) is 6.54 Å². The van der Waals surface area contributed by atoms with Gasteiger partial charge in [0.05, 0.1) is 5.54 Å². The van der Waals surface area contributed by atoms with E-state index in [2.05, 4.69) is 15.5 Å². The smallest absolute Gasteiger partial charge is 0.344 e. The Morgan fingerprint density at radius 1 is 1.67 bits per heavy atom. The molecule has 21 heavy (non-hydrogen) atoms. The van der Waals surface area contributed by atoms with Crippen LogP contribution in [-0.4, -0.2) is 38.0 Å². The van der Waals surface area contributed by atoms with Gasteiger partial charge in [-0.15, -0.1) is 5.10 Å². The van der Waals surface area contributed by atoms with Crippen LogP contribution in [0.4, 0.5) is 0 Å². The number of rotatable bonds is 6. The lowest BCUT2D eigenvalue weighted by molar-refractivity contribution is -0.124. The van der Waals surface area contributed by atoms with Crippen LogP contribution < -0.4 is 16.7 Å². The Bertz CT molecular complexity index is 567. The number of nitrogens with one attached hydrogen (secondary N) is 2. The number of hydrogen-bond donors (Lipinski definition) is 3. The number of nitrogens with zero attached hydrogens (tertiary/aromatic N) is 2. The van der Waals surface area contributed by atoms with Gasteiger partial charge in [0.1, 0.15) is 0 Å². The molecule has 7 nitrogen and oxygen atoms in total. The van der Waals surface area contributed by atoms with Crippen LogP contribution in [0.2, 0.25) is 0 Å². The van der Waals surface area contributed by atoms with Crippen LogP contribution in [-0.2, 0) is 4.79 Å². The minimum absolute atomic E-state index is 0.0508. The normalized spacial score (nSPS) is 25.6. The van der Waals surface area contributed by atoms with Crippen molar-refractivity contribution in [3.63, 3.8) is 0 Å². The van der Waals surface area contributed by atoms with Crippen molar-refractivity contribution in [1.82, 2.24) is 20.1 Å². The van der Waals surface area contributed by atoms with Crippen molar-refractivity contribution in [1.29, 1.82) is 0 Å². The first-order valence-electron chi connectivity index (χ1n) is 7.28. The van der Waals surface area contributed by atoms with Crippen LogP contribution >= 0.6 is 11.8 Å². The first kappa shape index (κ1) is 16.1. The van der Waals surface area contributed by atoms with E-state index in [1.54, 1.807) is 16.3 Å². The maximum atomic E-state index is 11.8. The van der Waals surface area contributed by atoms with Crippen LogP contribution in [0.1, 0.15) is 46.1 Å². The minimum Gasteiger partial charge on any atom is -0.368 e. The van der Waals surface area contributed by atoms with Crippen LogP contribution in [0.3, 0.4) is 0 Å². The Morgan fingerprint density at radius 2 is 2.38 bits per heavy atom. The fourth-order valence-electron chi connectivity index (χ4n) is 2.89. The van der Waals surface area contributed by atoms with Crippen LogP contribution in [0.5, 0.6) is 0 Å². The molecule has 1 aliphatic rings. The molecule has 1 aromatic rings. The van der Waals surface area contributed by atoms with Crippen molar-refractivity contribution >= 4 is 17.7 Å². The fraction of sp³-hybridized carbons (Fsp3) is 0.769. The van der Waals surface area contributed by atoms with Gasteiger partial charge in [-0.2, -0.15) is 0 Å². The maximum Gasteiger partial charge on any atom is 0.344 e. The van der Waals surface area contributed by atoms with E-state index in [1.165, 1.54) is 0 Å². The molecule has 1 amide bonds. The summed E-state index contributed by atoms with van der Waals surface area (Å²) < 4.78 is 1.64. The molecule has 8 heteroatoms. The molecule has 0 aliphatic heterocycles. The Hall–Kier alpha value is -1.28. The summed E-state index contributed by atoms with van der Waals surface area (Å²) in [6, 6.07) is 0.0508. The molecule has 2 unspecified atom stereocenters. The molecule has 1 saturated carbocycles. The highest BCUT2D eigenvalue weighted by molar-refractivity contribution is 7.99. The van der Waals surface area contributed by atoms with Gasteiger partial charge >= 0.3 is 5.69 Å². The molecule has 0 bridgehead atoms. The van der Waals surface area contributed by atoms with Gasteiger partial charge in [-0.1, -0.05) is 18.7 Å². The number of hydrogen-bond acceptors (Lipinski definition) is 5. The molecule has 1 heterocycles. The molecule has 1 aromatic heterocycles. The number of thioether (sulfide) groups is 1. The molecular formula is C13H23N5O2S. The monoisotopic (exact) mass is 313 g/mol. The maximum absolute atomic E-state index is 11.8. The van der Waals surface area contributed by atoms with E-state index in [0.717, 1.165) is 12.8 Å². The first-order chi connectivity index (χ1) is 9.89. The largest absolute Gasteiger partial charge is 0.368 e. The average Bonchev–Trinajstić information content (AvgIpc) is 2.96. The summed E-state index contributed by atoms with van der Waals surface area (Å²) in [5, 5.41) is 10.7. The zero-order chi connectivity index (χ0) is 15.6. The van der Waals surface area contributed by atoms with E-state index in [9.17, 15) is 9.59 Å². The van der Waals surface area contributed by atoms with Crippen LogP contribution in [0, 0.1) is 0 Å². The van der Waals surface area contributed by atoms with Gasteiger partial charge in [0.2, 0.25) is 5.91 Å². The highest BCUT2D eigenvalue weighted by atomic mass is 32.2. The number of aromatic nitrogens is 3. The van der Waals surface area contributed by atoms with Crippen molar-refractivity contribution in [3.05, 3.63) is 10.5 Å². The third-order valence-corrected chi connectivity index (χ3v) is 5.15. The molecule has 4 N–H and O–H groups in total. The summed E-state index contributed by atoms with van der Waals surface area (Å²) in [6.45, 7) is 6.57. The second kappa shape index (κ2) is 6.23. The molecule has 2 rings (SSSR count). The lowest BCUT2D eigenvalue weighted by Gasteiger charge is -2.26. The van der Waals surface area contributed by atoms with Crippen LogP contribution in [0.15, 0.2) is 9.95 Å². The first-order valence-corrected chi connectivity index (χ1v) is 8.16. The van der Waals surface area contributed by atoms with E-state index in [1.807, 2.05) is 20.8 Å². The van der Waals surface area contributed by atoms with E-state index < -0.39 is 5.54 Å². The Morgan fingerprint density at radius 3 is 2.95 bits per heavy atom. The third-order valence-electron chi connectivity index (χ3n) is 3.92. The molecule has 2 atom stereocenters. The second-order valence-electron chi connectivity index (χ2n) is 5.73. The summed E-state index contributed by atoms with van der Waals surface area (Å²) >= 11 is 1.55. The van der Waals surface area contributed by atoms with E-state index >= 15 is 0 Å². The van der Waals surface area contributed by atoms with Crippen molar-refractivity contribution in [3.8, 4) is 0 Å². The highest BCUT2D eigenvalue weighted by Gasteiger charge is 2.44. The number of nitrogens with two attached hydrogens (primary N) is 1. The van der Waals surface area contributed by atoms with Crippen molar-refractivity contribution < 1.29 is 4.79 Å². The Kier molecular flexibility index (Phi) is 4.77. The lowest BCUT2D eigenvalue weighted by Crippen LogP contribution is -2.53. The predicted octanol–water partition coefficient (Wildman–Crippen LogP) is 0.630. The van der Waals surface area contributed by atoms with Crippen molar-refractivity contribution in [2.24, 2.45) is 5.73 Å². The summed E-state index contributed by atoms with van der Waals surface area (Å²) in [7, 11) is 0. The van der Waals surface area contributed by atoms with Gasteiger partial charge in [0.25, 0.3) is 0 Å². The minimum atomic E-state index is -0.619. The zero-order valence-electron chi connectivity index (χ0n) is 12.7. The summed E-state index contributed by atoms with van der Waals surface area (Å²) in [6.07, 6.45) is 2.27.